The van der Waals surface area contributed by atoms with Gasteiger partial charge < -0.3 is 15.9 Å². The van der Waals surface area contributed by atoms with E-state index in [1.165, 1.54) is 12.5 Å². The molecule has 1 rings (SSSR count). The van der Waals surface area contributed by atoms with E-state index in [-0.39, 0.29) is 12.0 Å². The van der Waals surface area contributed by atoms with Crippen molar-refractivity contribution in [2.24, 2.45) is 5.73 Å². The number of carboxylic acids is 1. The van der Waals surface area contributed by atoms with Gasteiger partial charge >= 0.3 is 5.97 Å². The van der Waals surface area contributed by atoms with Gasteiger partial charge in [0.15, 0.2) is 0 Å². The summed E-state index contributed by atoms with van der Waals surface area (Å²) in [6.45, 7) is 0. The molecule has 4 N–H and O–H groups in total. The first-order chi connectivity index (χ1) is 7.15. The summed E-state index contributed by atoms with van der Waals surface area (Å²) >= 11 is 0. The SMILES string of the molecule is NC(CC(=O)O)/C(=C/O)c1ccncn1. The average Bonchev–Trinajstić information content (AvgIpc) is 2.19. The van der Waals surface area contributed by atoms with E-state index in [2.05, 4.69) is 9.97 Å². The Balaban J connectivity index is 2.86. The highest BCUT2D eigenvalue weighted by atomic mass is 16.4. The summed E-state index contributed by atoms with van der Waals surface area (Å²) < 4.78 is 0. The number of aliphatic carboxylic acids is 1. The van der Waals surface area contributed by atoms with Crippen LogP contribution < -0.4 is 5.73 Å². The summed E-state index contributed by atoms with van der Waals surface area (Å²) in [7, 11) is 0. The predicted octanol–water partition coefficient (Wildman–Crippen LogP) is 0.177. The Hall–Kier alpha value is -1.95. The molecular weight excluding hydrogens is 198 g/mol. The number of aliphatic hydroxyl groups excluding tert-OH is 1. The van der Waals surface area contributed by atoms with Gasteiger partial charge in [-0.15, -0.1) is 0 Å². The lowest BCUT2D eigenvalue weighted by atomic mass is 10.0. The Labute approximate surface area is 86.1 Å². The van der Waals surface area contributed by atoms with Crippen LogP contribution in [-0.4, -0.2) is 32.2 Å². The molecule has 1 unspecified atom stereocenters. The molecule has 1 aromatic heterocycles. The maximum Gasteiger partial charge on any atom is 0.305 e. The van der Waals surface area contributed by atoms with Gasteiger partial charge in [0.1, 0.15) is 6.33 Å². The van der Waals surface area contributed by atoms with Crippen LogP contribution in [0.5, 0.6) is 0 Å². The van der Waals surface area contributed by atoms with Gasteiger partial charge in [-0.1, -0.05) is 0 Å². The van der Waals surface area contributed by atoms with E-state index in [0.717, 1.165) is 6.26 Å². The maximum atomic E-state index is 10.4. The summed E-state index contributed by atoms with van der Waals surface area (Å²) in [5.41, 5.74) is 6.29. The van der Waals surface area contributed by atoms with Crippen LogP contribution in [0.4, 0.5) is 0 Å². The van der Waals surface area contributed by atoms with Crippen molar-refractivity contribution in [2.75, 3.05) is 0 Å². The first-order valence-corrected chi connectivity index (χ1v) is 4.23. The van der Waals surface area contributed by atoms with Crippen molar-refractivity contribution >= 4 is 11.5 Å². The van der Waals surface area contributed by atoms with Crippen LogP contribution in [0.2, 0.25) is 0 Å². The summed E-state index contributed by atoms with van der Waals surface area (Å²) in [6, 6.07) is 0.756. The van der Waals surface area contributed by atoms with Gasteiger partial charge in [-0.05, 0) is 6.07 Å². The Morgan fingerprint density at radius 3 is 2.87 bits per heavy atom. The van der Waals surface area contributed by atoms with Crippen molar-refractivity contribution in [1.82, 2.24) is 9.97 Å². The highest BCUT2D eigenvalue weighted by molar-refractivity contribution is 5.74. The van der Waals surface area contributed by atoms with E-state index in [1.807, 2.05) is 0 Å². The van der Waals surface area contributed by atoms with E-state index in [4.69, 9.17) is 15.9 Å². The number of carbonyl (C=O) groups is 1. The second kappa shape index (κ2) is 5.06. The zero-order valence-electron chi connectivity index (χ0n) is 7.87. The summed E-state index contributed by atoms with van der Waals surface area (Å²) in [6.07, 6.45) is 3.29. The number of nitrogens with zero attached hydrogens (tertiary/aromatic N) is 2. The largest absolute Gasteiger partial charge is 0.515 e. The van der Waals surface area contributed by atoms with Crippen LogP contribution in [0.15, 0.2) is 24.9 Å². The topological polar surface area (TPSA) is 109 Å². The molecule has 0 bridgehead atoms. The van der Waals surface area contributed by atoms with Crippen LogP contribution in [0.25, 0.3) is 5.57 Å². The summed E-state index contributed by atoms with van der Waals surface area (Å²) in [5, 5.41) is 17.5. The number of hydrogen-bond acceptors (Lipinski definition) is 5. The Kier molecular flexibility index (Phi) is 3.75. The zero-order chi connectivity index (χ0) is 11.3. The Morgan fingerprint density at radius 1 is 1.67 bits per heavy atom. The zero-order valence-corrected chi connectivity index (χ0v) is 7.87. The number of hydrogen-bond donors (Lipinski definition) is 3. The van der Waals surface area contributed by atoms with Crippen LogP contribution in [-0.2, 0) is 4.79 Å². The minimum atomic E-state index is -1.03. The van der Waals surface area contributed by atoms with Gasteiger partial charge in [0, 0.05) is 17.8 Å². The molecule has 15 heavy (non-hydrogen) atoms. The molecule has 1 heterocycles. The lowest BCUT2D eigenvalue weighted by molar-refractivity contribution is -0.137. The van der Waals surface area contributed by atoms with E-state index in [1.54, 1.807) is 6.07 Å². The van der Waals surface area contributed by atoms with Gasteiger partial charge in [-0.2, -0.15) is 0 Å². The fourth-order valence-electron chi connectivity index (χ4n) is 1.11. The molecule has 6 heteroatoms. The van der Waals surface area contributed by atoms with Gasteiger partial charge in [0.2, 0.25) is 0 Å². The van der Waals surface area contributed by atoms with Crippen LogP contribution in [0, 0.1) is 0 Å². The van der Waals surface area contributed by atoms with Crippen LogP contribution in [0.3, 0.4) is 0 Å². The predicted molar refractivity (Wildman–Crippen MR) is 52.9 cm³/mol. The molecule has 0 aromatic carbocycles. The molecule has 0 aliphatic heterocycles. The van der Waals surface area contributed by atoms with Gasteiger partial charge in [0.25, 0.3) is 0 Å². The first-order valence-electron chi connectivity index (χ1n) is 4.23. The second-order valence-electron chi connectivity index (χ2n) is 2.88. The van der Waals surface area contributed by atoms with Gasteiger partial charge in [-0.25, -0.2) is 9.97 Å². The molecule has 0 saturated carbocycles. The highest BCUT2D eigenvalue weighted by Crippen LogP contribution is 2.15. The fraction of sp³-hybridized carbons (Fsp3) is 0.222. The van der Waals surface area contributed by atoms with Crippen molar-refractivity contribution < 1.29 is 15.0 Å². The van der Waals surface area contributed by atoms with Crippen molar-refractivity contribution in [2.45, 2.75) is 12.5 Å². The lowest BCUT2D eigenvalue weighted by Crippen LogP contribution is -2.25. The molecule has 0 aliphatic carbocycles. The third kappa shape index (κ3) is 3.03. The van der Waals surface area contributed by atoms with Crippen molar-refractivity contribution in [3.05, 3.63) is 30.5 Å². The van der Waals surface area contributed by atoms with Crippen molar-refractivity contribution in [3.8, 4) is 0 Å². The van der Waals surface area contributed by atoms with Crippen LogP contribution >= 0.6 is 0 Å². The molecule has 0 amide bonds. The van der Waals surface area contributed by atoms with E-state index < -0.39 is 12.0 Å². The third-order valence-corrected chi connectivity index (χ3v) is 1.81. The maximum absolute atomic E-state index is 10.4. The molecule has 0 fully saturated rings. The minimum Gasteiger partial charge on any atom is -0.515 e. The summed E-state index contributed by atoms with van der Waals surface area (Å²) in [4.78, 5) is 18.0. The van der Waals surface area contributed by atoms with Crippen molar-refractivity contribution in [3.63, 3.8) is 0 Å². The smallest absolute Gasteiger partial charge is 0.305 e. The van der Waals surface area contributed by atoms with Gasteiger partial charge in [0.05, 0.1) is 18.4 Å². The number of aliphatic hydroxyl groups is 1. The first kappa shape index (κ1) is 11.1. The molecule has 0 radical (unpaired) electrons. The highest BCUT2D eigenvalue weighted by Gasteiger charge is 2.16. The number of nitrogens with two attached hydrogens (primary N) is 1. The molecule has 80 valence electrons. The molecular formula is C9H11N3O3. The minimum absolute atomic E-state index is 0.267. The van der Waals surface area contributed by atoms with Crippen LogP contribution in [0.1, 0.15) is 12.1 Å². The average molecular weight is 209 g/mol. The molecule has 0 saturated heterocycles. The summed E-state index contributed by atoms with van der Waals surface area (Å²) in [5.74, 6) is -1.03. The van der Waals surface area contributed by atoms with Crippen molar-refractivity contribution in [1.29, 1.82) is 0 Å². The molecule has 1 atom stereocenters. The lowest BCUT2D eigenvalue weighted by Gasteiger charge is -2.11. The molecule has 0 aliphatic rings. The Bertz CT molecular complexity index is 364. The number of carboxylic acid groups (broad SMARTS) is 1. The molecule has 0 spiro atoms. The quantitative estimate of drug-likeness (QED) is 0.610. The monoisotopic (exact) mass is 209 g/mol. The normalized spacial score (nSPS) is 13.5. The standard InChI is InChI=1S/C9H11N3O3/c10-7(3-9(14)15)6(4-13)8-1-2-11-5-12-8/h1-2,4-5,7,13H,3,10H2,(H,14,15)/b6-4-. The number of rotatable bonds is 4. The van der Waals surface area contributed by atoms with E-state index in [0.29, 0.717) is 5.69 Å². The molecule has 6 nitrogen and oxygen atoms in total. The fourth-order valence-corrected chi connectivity index (χ4v) is 1.11. The van der Waals surface area contributed by atoms with E-state index >= 15 is 0 Å². The second-order valence-corrected chi connectivity index (χ2v) is 2.88. The Morgan fingerprint density at radius 2 is 2.40 bits per heavy atom. The van der Waals surface area contributed by atoms with E-state index in [9.17, 15) is 4.79 Å². The third-order valence-electron chi connectivity index (χ3n) is 1.81. The molecule has 1 aromatic rings. The van der Waals surface area contributed by atoms with Gasteiger partial charge in [-0.3, -0.25) is 4.79 Å². The number of aromatic nitrogens is 2.